The Hall–Kier alpha value is -0.550. The molecular formula is C9H15NO3S. The van der Waals surface area contributed by atoms with Gasteiger partial charge in [-0.05, 0) is 20.3 Å². The van der Waals surface area contributed by atoms with Crippen LogP contribution in [0.25, 0.3) is 0 Å². The first-order valence-corrected chi connectivity index (χ1v) is 5.58. The van der Waals surface area contributed by atoms with Crippen LogP contribution >= 0.6 is 11.8 Å². The Balaban J connectivity index is 2.49. The van der Waals surface area contributed by atoms with Crippen LogP contribution < -0.4 is 0 Å². The average molecular weight is 217 g/mol. The van der Waals surface area contributed by atoms with Crippen LogP contribution in [-0.2, 0) is 4.79 Å². The molecule has 0 radical (unpaired) electrons. The second-order valence-corrected chi connectivity index (χ2v) is 5.02. The molecule has 1 N–H and O–H groups in total. The summed E-state index contributed by atoms with van der Waals surface area (Å²) in [4.78, 5) is 23.9. The van der Waals surface area contributed by atoms with E-state index < -0.39 is 5.60 Å². The molecule has 1 fully saturated rings. The Morgan fingerprint density at radius 3 is 2.64 bits per heavy atom. The average Bonchev–Trinajstić information content (AvgIpc) is 2.01. The Kier molecular flexibility index (Phi) is 3.55. The second kappa shape index (κ2) is 4.31. The molecule has 0 aromatic rings. The summed E-state index contributed by atoms with van der Waals surface area (Å²) in [5.41, 5.74) is -0.831. The van der Waals surface area contributed by atoms with Crippen molar-refractivity contribution in [3.8, 4) is 0 Å². The number of carbonyl (C=O) groups is 2. The number of imide groups is 1. The van der Waals surface area contributed by atoms with Crippen molar-refractivity contribution in [1.82, 2.24) is 4.90 Å². The molecule has 0 atom stereocenters. The van der Waals surface area contributed by atoms with E-state index in [0.717, 1.165) is 0 Å². The fourth-order valence-corrected chi connectivity index (χ4v) is 1.94. The van der Waals surface area contributed by atoms with E-state index in [1.54, 1.807) is 13.8 Å². The van der Waals surface area contributed by atoms with Crippen molar-refractivity contribution in [2.24, 2.45) is 0 Å². The lowest BCUT2D eigenvalue weighted by atomic mass is 10.1. The van der Waals surface area contributed by atoms with Crippen LogP contribution in [-0.4, -0.2) is 39.1 Å². The molecule has 1 rings (SSSR count). The number of nitrogens with zero attached hydrogens (tertiary/aromatic N) is 1. The molecule has 14 heavy (non-hydrogen) atoms. The van der Waals surface area contributed by atoms with E-state index in [9.17, 15) is 14.7 Å². The van der Waals surface area contributed by atoms with E-state index >= 15 is 0 Å². The van der Waals surface area contributed by atoms with Crippen molar-refractivity contribution in [3.05, 3.63) is 0 Å². The molecule has 0 aromatic heterocycles. The van der Waals surface area contributed by atoms with Crippen LogP contribution in [0.2, 0.25) is 0 Å². The first kappa shape index (κ1) is 11.5. The lowest BCUT2D eigenvalue weighted by molar-refractivity contribution is -0.128. The maximum atomic E-state index is 11.3. The number of amides is 2. The lowest BCUT2D eigenvalue weighted by Gasteiger charge is -2.27. The summed E-state index contributed by atoms with van der Waals surface area (Å²) >= 11 is 1.17. The predicted molar refractivity (Wildman–Crippen MR) is 55.1 cm³/mol. The summed E-state index contributed by atoms with van der Waals surface area (Å²) in [7, 11) is 0. The molecule has 0 unspecified atom stereocenters. The molecule has 80 valence electrons. The van der Waals surface area contributed by atoms with Crippen molar-refractivity contribution in [1.29, 1.82) is 0 Å². The van der Waals surface area contributed by atoms with Crippen molar-refractivity contribution >= 4 is 22.9 Å². The zero-order valence-corrected chi connectivity index (χ0v) is 9.26. The fourth-order valence-electron chi connectivity index (χ4n) is 1.14. The monoisotopic (exact) mass is 217 g/mol. The van der Waals surface area contributed by atoms with Gasteiger partial charge in [-0.15, -0.1) is 0 Å². The standard InChI is InChI=1S/C9H15NO3S/c1-9(2,13)4-5-10-7(11)3-6-14-8(10)12/h13H,3-6H2,1-2H3. The predicted octanol–water partition coefficient (Wildman–Crippen LogP) is 1.23. The van der Waals surface area contributed by atoms with Crippen molar-refractivity contribution in [3.63, 3.8) is 0 Å². The summed E-state index contributed by atoms with van der Waals surface area (Å²) in [6.45, 7) is 3.65. The molecule has 1 aliphatic heterocycles. The number of rotatable bonds is 3. The van der Waals surface area contributed by atoms with Gasteiger partial charge in [-0.2, -0.15) is 0 Å². The largest absolute Gasteiger partial charge is 0.390 e. The van der Waals surface area contributed by atoms with Crippen LogP contribution in [0.1, 0.15) is 26.7 Å². The maximum Gasteiger partial charge on any atom is 0.288 e. The molecule has 1 aliphatic rings. The second-order valence-electron chi connectivity index (χ2n) is 3.97. The number of hydrogen-bond acceptors (Lipinski definition) is 4. The van der Waals surface area contributed by atoms with Gasteiger partial charge in [0.2, 0.25) is 5.91 Å². The number of hydrogen-bond donors (Lipinski definition) is 1. The number of aliphatic hydroxyl groups is 1. The molecule has 0 saturated carbocycles. The maximum absolute atomic E-state index is 11.3. The van der Waals surface area contributed by atoms with Crippen LogP contribution in [0.3, 0.4) is 0 Å². The molecule has 0 aliphatic carbocycles. The van der Waals surface area contributed by atoms with Gasteiger partial charge in [0.05, 0.1) is 5.60 Å². The van der Waals surface area contributed by atoms with Crippen molar-refractivity contribution in [2.45, 2.75) is 32.3 Å². The lowest BCUT2D eigenvalue weighted by Crippen LogP contribution is -2.41. The molecule has 4 nitrogen and oxygen atoms in total. The Bertz CT molecular complexity index is 231. The first-order valence-electron chi connectivity index (χ1n) is 4.60. The van der Waals surface area contributed by atoms with Gasteiger partial charge in [0.15, 0.2) is 0 Å². The summed E-state index contributed by atoms with van der Waals surface area (Å²) in [6.07, 6.45) is 0.841. The van der Waals surface area contributed by atoms with Gasteiger partial charge in [-0.1, -0.05) is 11.8 Å². The van der Waals surface area contributed by atoms with Gasteiger partial charge < -0.3 is 5.11 Å². The number of carbonyl (C=O) groups excluding carboxylic acids is 2. The third kappa shape index (κ3) is 3.31. The fraction of sp³-hybridized carbons (Fsp3) is 0.778. The zero-order chi connectivity index (χ0) is 10.8. The highest BCUT2D eigenvalue weighted by atomic mass is 32.2. The molecule has 0 spiro atoms. The Labute approximate surface area is 87.7 Å². The third-order valence-electron chi connectivity index (χ3n) is 2.01. The minimum atomic E-state index is -0.831. The SMILES string of the molecule is CC(C)(O)CCN1C(=O)CCSC1=O. The molecule has 1 saturated heterocycles. The summed E-state index contributed by atoms with van der Waals surface area (Å²) in [5.74, 6) is 0.453. The molecule has 2 amide bonds. The van der Waals surface area contributed by atoms with Crippen LogP contribution in [0.15, 0.2) is 0 Å². The van der Waals surface area contributed by atoms with Gasteiger partial charge in [0.1, 0.15) is 0 Å². The molecule has 0 aromatic carbocycles. The van der Waals surface area contributed by atoms with Crippen molar-refractivity contribution < 1.29 is 14.7 Å². The quantitative estimate of drug-likeness (QED) is 0.772. The van der Waals surface area contributed by atoms with Crippen LogP contribution in [0.4, 0.5) is 4.79 Å². The molecule has 5 heteroatoms. The highest BCUT2D eigenvalue weighted by Crippen LogP contribution is 2.20. The minimum Gasteiger partial charge on any atom is -0.390 e. The van der Waals surface area contributed by atoms with E-state index in [2.05, 4.69) is 0 Å². The Morgan fingerprint density at radius 2 is 2.14 bits per heavy atom. The highest BCUT2D eigenvalue weighted by Gasteiger charge is 2.27. The summed E-state index contributed by atoms with van der Waals surface area (Å²) in [5, 5.41) is 9.28. The van der Waals surface area contributed by atoms with Crippen LogP contribution in [0, 0.1) is 0 Å². The van der Waals surface area contributed by atoms with E-state index in [4.69, 9.17) is 0 Å². The smallest absolute Gasteiger partial charge is 0.288 e. The van der Waals surface area contributed by atoms with E-state index in [0.29, 0.717) is 25.1 Å². The topological polar surface area (TPSA) is 57.6 Å². The zero-order valence-electron chi connectivity index (χ0n) is 8.45. The van der Waals surface area contributed by atoms with E-state index in [1.165, 1.54) is 16.7 Å². The summed E-state index contributed by atoms with van der Waals surface area (Å²) in [6, 6.07) is 0. The van der Waals surface area contributed by atoms with Gasteiger partial charge in [-0.3, -0.25) is 14.5 Å². The van der Waals surface area contributed by atoms with Crippen LogP contribution in [0.5, 0.6) is 0 Å². The molecule has 0 bridgehead atoms. The normalized spacial score (nSPS) is 18.9. The molecular weight excluding hydrogens is 202 g/mol. The minimum absolute atomic E-state index is 0.127. The van der Waals surface area contributed by atoms with Gasteiger partial charge >= 0.3 is 0 Å². The van der Waals surface area contributed by atoms with Gasteiger partial charge in [0, 0.05) is 18.7 Å². The Morgan fingerprint density at radius 1 is 1.50 bits per heavy atom. The van der Waals surface area contributed by atoms with E-state index in [-0.39, 0.29) is 11.1 Å². The van der Waals surface area contributed by atoms with Gasteiger partial charge in [0.25, 0.3) is 5.24 Å². The first-order chi connectivity index (χ1) is 6.40. The number of thioether (sulfide) groups is 1. The summed E-state index contributed by atoms with van der Waals surface area (Å²) < 4.78 is 0. The highest BCUT2D eigenvalue weighted by molar-refractivity contribution is 8.13. The van der Waals surface area contributed by atoms with Gasteiger partial charge in [-0.25, -0.2) is 0 Å². The van der Waals surface area contributed by atoms with Crippen molar-refractivity contribution in [2.75, 3.05) is 12.3 Å². The molecule has 1 heterocycles. The van der Waals surface area contributed by atoms with E-state index in [1.807, 2.05) is 0 Å². The third-order valence-corrected chi connectivity index (χ3v) is 2.89.